The van der Waals surface area contributed by atoms with Gasteiger partial charge in [0.25, 0.3) is 0 Å². The molecular weight excluding hydrogens is 294 g/mol. The molecule has 0 fully saturated rings. The van der Waals surface area contributed by atoms with Crippen LogP contribution in [-0.2, 0) is 7.05 Å². The average Bonchev–Trinajstić information content (AvgIpc) is 3.09. The Kier molecular flexibility index (Phi) is 3.23. The van der Waals surface area contributed by atoms with Crippen molar-refractivity contribution in [3.8, 4) is 0 Å². The highest BCUT2D eigenvalue weighted by Crippen LogP contribution is 2.15. The number of benzene rings is 1. The van der Waals surface area contributed by atoms with Gasteiger partial charge in [0.15, 0.2) is 0 Å². The number of allylic oxidation sites excluding steroid dienone is 2. The lowest BCUT2D eigenvalue weighted by molar-refractivity contribution is 0.696. The van der Waals surface area contributed by atoms with E-state index in [0.29, 0.717) is 0 Å². The van der Waals surface area contributed by atoms with Gasteiger partial charge in [0.2, 0.25) is 4.80 Å². The van der Waals surface area contributed by atoms with Crippen molar-refractivity contribution in [1.29, 1.82) is 0 Å². The smallest absolute Gasteiger partial charge is 0.211 e. The molecule has 0 bridgehead atoms. The molecule has 0 amide bonds. The third kappa shape index (κ3) is 2.31. The Balaban J connectivity index is 1.60. The molecule has 1 aliphatic carbocycles. The molecular formula is C16H15N5S. The first-order chi connectivity index (χ1) is 10.8. The van der Waals surface area contributed by atoms with Crippen LogP contribution in [0.5, 0.6) is 0 Å². The summed E-state index contributed by atoms with van der Waals surface area (Å²) in [5, 5.41) is 11.8. The zero-order chi connectivity index (χ0) is 14.9. The number of nitrogens with one attached hydrogen (secondary N) is 1. The molecule has 110 valence electrons. The zero-order valence-electron chi connectivity index (χ0n) is 12.0. The van der Waals surface area contributed by atoms with Crippen molar-refractivity contribution in [2.45, 2.75) is 12.1 Å². The molecule has 2 aromatic rings. The molecule has 6 heteroatoms. The maximum absolute atomic E-state index is 4.56. The van der Waals surface area contributed by atoms with Crippen molar-refractivity contribution in [3.63, 3.8) is 0 Å². The highest BCUT2D eigenvalue weighted by atomic mass is 32.1. The number of para-hydroxylation sites is 1. The van der Waals surface area contributed by atoms with E-state index in [4.69, 9.17) is 0 Å². The topological polar surface area (TPSA) is 54.0 Å². The highest BCUT2D eigenvalue weighted by molar-refractivity contribution is 7.16. The van der Waals surface area contributed by atoms with Gasteiger partial charge in [0.1, 0.15) is 5.84 Å². The van der Waals surface area contributed by atoms with Gasteiger partial charge < -0.3 is 9.88 Å². The fraction of sp³-hybridized carbons (Fsp3) is 0.188. The summed E-state index contributed by atoms with van der Waals surface area (Å²) in [5.41, 5.74) is 1.17. The summed E-state index contributed by atoms with van der Waals surface area (Å²) < 4.78 is 3.25. The van der Waals surface area contributed by atoms with E-state index in [2.05, 4.69) is 44.8 Å². The number of aliphatic imine (C=N–C) groups is 1. The first kappa shape index (κ1) is 13.2. The number of amidine groups is 1. The lowest BCUT2D eigenvalue weighted by Gasteiger charge is -2.12. The number of rotatable bonds is 2. The van der Waals surface area contributed by atoms with Gasteiger partial charge in [-0.2, -0.15) is 5.10 Å². The number of nitrogens with zero attached hydrogens (tertiary/aromatic N) is 4. The molecule has 0 saturated carbocycles. The Labute approximate surface area is 131 Å². The third-order valence-electron chi connectivity index (χ3n) is 3.75. The molecule has 2 unspecified atom stereocenters. The standard InChI is InChI=1S/C16H15N5S/c1-21-13-8-4-5-9-14(13)22-16(21)20-17-10-15-18-11-6-2-3-7-12(11)19-15/h2-12H,1H3,(H,18,19)/b17-10+,20-16+. The highest BCUT2D eigenvalue weighted by Gasteiger charge is 2.24. The lowest BCUT2D eigenvalue weighted by Crippen LogP contribution is -2.33. The van der Waals surface area contributed by atoms with Crippen LogP contribution < -0.4 is 10.1 Å². The summed E-state index contributed by atoms with van der Waals surface area (Å²) in [7, 11) is 2.00. The SMILES string of the molecule is Cn1/c(=N\N=C\C2=NC3C=CC=CC3N2)sc2ccccc21. The Hall–Kier alpha value is -2.47. The summed E-state index contributed by atoms with van der Waals surface area (Å²) in [6.07, 6.45) is 9.93. The number of thiazole rings is 1. The van der Waals surface area contributed by atoms with E-state index in [1.165, 1.54) is 10.2 Å². The minimum atomic E-state index is 0.173. The molecule has 22 heavy (non-hydrogen) atoms. The maximum Gasteiger partial charge on any atom is 0.211 e. The maximum atomic E-state index is 4.56. The van der Waals surface area contributed by atoms with Crippen LogP contribution in [0.4, 0.5) is 0 Å². The monoisotopic (exact) mass is 309 g/mol. The molecule has 1 aromatic carbocycles. The minimum Gasteiger partial charge on any atom is -0.360 e. The summed E-state index contributed by atoms with van der Waals surface area (Å²) in [6.45, 7) is 0. The van der Waals surface area contributed by atoms with Crippen molar-refractivity contribution in [3.05, 3.63) is 53.4 Å². The molecule has 2 heterocycles. The summed E-state index contributed by atoms with van der Waals surface area (Å²) >= 11 is 1.63. The normalized spacial score (nSPS) is 24.0. The Morgan fingerprint density at radius 1 is 1.27 bits per heavy atom. The molecule has 1 N–H and O–H groups in total. The second-order valence-corrected chi connectivity index (χ2v) is 6.21. The Bertz CT molecular complexity index is 897. The molecule has 1 aliphatic heterocycles. The van der Waals surface area contributed by atoms with Gasteiger partial charge in [-0.1, -0.05) is 47.8 Å². The number of aromatic nitrogens is 1. The van der Waals surface area contributed by atoms with Crippen molar-refractivity contribution < 1.29 is 0 Å². The van der Waals surface area contributed by atoms with Crippen LogP contribution in [-0.4, -0.2) is 28.7 Å². The van der Waals surface area contributed by atoms with E-state index in [1.807, 2.05) is 35.9 Å². The number of hydrogen-bond donors (Lipinski definition) is 1. The van der Waals surface area contributed by atoms with Crippen LogP contribution in [0.1, 0.15) is 0 Å². The Morgan fingerprint density at radius 3 is 3.00 bits per heavy atom. The van der Waals surface area contributed by atoms with Gasteiger partial charge in [-0.3, -0.25) is 4.99 Å². The fourth-order valence-corrected chi connectivity index (χ4v) is 3.58. The van der Waals surface area contributed by atoms with Crippen LogP contribution in [0.15, 0.2) is 63.8 Å². The van der Waals surface area contributed by atoms with E-state index >= 15 is 0 Å². The summed E-state index contributed by atoms with van der Waals surface area (Å²) in [4.78, 5) is 5.43. The largest absolute Gasteiger partial charge is 0.360 e. The van der Waals surface area contributed by atoms with Crippen LogP contribution in [0.25, 0.3) is 10.2 Å². The third-order valence-corrected chi connectivity index (χ3v) is 4.85. The van der Waals surface area contributed by atoms with Gasteiger partial charge in [0.05, 0.1) is 28.5 Å². The van der Waals surface area contributed by atoms with Crippen LogP contribution in [0.2, 0.25) is 0 Å². The second-order valence-electron chi connectivity index (χ2n) is 5.20. The lowest BCUT2D eigenvalue weighted by atomic mass is 10.1. The van der Waals surface area contributed by atoms with Crippen molar-refractivity contribution in [2.75, 3.05) is 0 Å². The first-order valence-electron chi connectivity index (χ1n) is 7.12. The van der Waals surface area contributed by atoms with E-state index in [-0.39, 0.29) is 12.1 Å². The number of aryl methyl sites for hydroxylation is 1. The molecule has 4 rings (SSSR count). The minimum absolute atomic E-state index is 0.173. The molecule has 0 spiro atoms. The van der Waals surface area contributed by atoms with E-state index in [0.717, 1.165) is 10.6 Å². The predicted molar refractivity (Wildman–Crippen MR) is 91.3 cm³/mol. The van der Waals surface area contributed by atoms with E-state index in [1.54, 1.807) is 17.6 Å². The van der Waals surface area contributed by atoms with Gasteiger partial charge in [-0.05, 0) is 12.1 Å². The van der Waals surface area contributed by atoms with E-state index < -0.39 is 0 Å². The molecule has 0 saturated heterocycles. The van der Waals surface area contributed by atoms with Crippen molar-refractivity contribution >= 4 is 33.6 Å². The fourth-order valence-electron chi connectivity index (χ4n) is 2.60. The quantitative estimate of drug-likeness (QED) is 0.669. The van der Waals surface area contributed by atoms with Gasteiger partial charge in [-0.15, -0.1) is 5.10 Å². The second kappa shape index (κ2) is 5.38. The van der Waals surface area contributed by atoms with Crippen LogP contribution in [0.3, 0.4) is 0 Å². The van der Waals surface area contributed by atoms with Crippen LogP contribution in [0, 0.1) is 0 Å². The predicted octanol–water partition coefficient (Wildman–Crippen LogP) is 1.99. The number of hydrogen-bond acceptors (Lipinski definition) is 5. The van der Waals surface area contributed by atoms with Crippen molar-refractivity contribution in [2.24, 2.45) is 22.2 Å². The Morgan fingerprint density at radius 2 is 2.14 bits per heavy atom. The zero-order valence-corrected chi connectivity index (χ0v) is 12.9. The van der Waals surface area contributed by atoms with Crippen LogP contribution >= 0.6 is 11.3 Å². The molecule has 2 atom stereocenters. The van der Waals surface area contributed by atoms with Gasteiger partial charge in [-0.25, -0.2) is 0 Å². The number of fused-ring (bicyclic) bond motifs is 2. The molecule has 5 nitrogen and oxygen atoms in total. The van der Waals surface area contributed by atoms with E-state index in [9.17, 15) is 0 Å². The molecule has 0 radical (unpaired) electrons. The summed E-state index contributed by atoms with van der Waals surface area (Å²) in [6, 6.07) is 8.65. The molecule has 2 aliphatic rings. The average molecular weight is 309 g/mol. The summed E-state index contributed by atoms with van der Waals surface area (Å²) in [5.74, 6) is 0.777. The molecule has 1 aromatic heterocycles. The first-order valence-corrected chi connectivity index (χ1v) is 7.94. The van der Waals surface area contributed by atoms with Crippen molar-refractivity contribution in [1.82, 2.24) is 9.88 Å². The van der Waals surface area contributed by atoms with Gasteiger partial charge in [0, 0.05) is 7.05 Å². The van der Waals surface area contributed by atoms with Gasteiger partial charge >= 0.3 is 0 Å².